The normalized spacial score (nSPS) is 30.8. The van der Waals surface area contributed by atoms with Crippen LogP contribution in [0, 0.1) is 5.92 Å². The first-order valence-electron chi connectivity index (χ1n) is 4.21. The zero-order valence-electron chi connectivity index (χ0n) is 7.41. The Morgan fingerprint density at radius 2 is 1.69 bits per heavy atom. The summed E-state index contributed by atoms with van der Waals surface area (Å²) in [6, 6.07) is 8.34. The van der Waals surface area contributed by atoms with E-state index in [2.05, 4.69) is 19.1 Å². The molecule has 1 aromatic carbocycles. The molecule has 0 spiro atoms. The molecule has 1 fully saturated rings. The summed E-state index contributed by atoms with van der Waals surface area (Å²) in [6.45, 7) is 2.18. The van der Waals surface area contributed by atoms with Crippen LogP contribution in [0.15, 0.2) is 24.3 Å². The highest BCUT2D eigenvalue weighted by atomic mass is 35.5. The molecule has 1 aliphatic carbocycles. The van der Waals surface area contributed by atoms with E-state index in [1.165, 1.54) is 5.56 Å². The van der Waals surface area contributed by atoms with Crippen LogP contribution in [0.4, 0.5) is 0 Å². The molecule has 72 valence electrons. The average Bonchev–Trinajstić information content (AvgIpc) is 2.63. The third kappa shape index (κ3) is 1.98. The molecule has 2 rings (SSSR count). The number of hydrogen-bond acceptors (Lipinski definition) is 1. The van der Waals surface area contributed by atoms with Gasteiger partial charge in [0.25, 0.3) is 0 Å². The second kappa shape index (κ2) is 3.87. The van der Waals surface area contributed by atoms with Crippen LogP contribution in [0.2, 0.25) is 5.02 Å². The van der Waals surface area contributed by atoms with E-state index in [4.69, 9.17) is 17.3 Å². The van der Waals surface area contributed by atoms with Crippen molar-refractivity contribution >= 4 is 24.0 Å². The molecule has 0 unspecified atom stereocenters. The van der Waals surface area contributed by atoms with Crippen LogP contribution in [0.3, 0.4) is 0 Å². The van der Waals surface area contributed by atoms with Crippen molar-refractivity contribution in [2.45, 2.75) is 18.9 Å². The van der Waals surface area contributed by atoms with Crippen molar-refractivity contribution in [2.24, 2.45) is 11.7 Å². The first-order chi connectivity index (χ1) is 5.70. The van der Waals surface area contributed by atoms with Gasteiger partial charge in [0.2, 0.25) is 0 Å². The summed E-state index contributed by atoms with van der Waals surface area (Å²) in [5.74, 6) is 1.19. The highest BCUT2D eigenvalue weighted by molar-refractivity contribution is 6.30. The quantitative estimate of drug-likeness (QED) is 0.770. The lowest BCUT2D eigenvalue weighted by Crippen LogP contribution is -2.02. The summed E-state index contributed by atoms with van der Waals surface area (Å²) in [4.78, 5) is 0. The van der Waals surface area contributed by atoms with Crippen LogP contribution in [0.5, 0.6) is 0 Å². The largest absolute Gasteiger partial charge is 0.327 e. The van der Waals surface area contributed by atoms with Crippen molar-refractivity contribution in [1.29, 1.82) is 0 Å². The van der Waals surface area contributed by atoms with Crippen molar-refractivity contribution in [2.75, 3.05) is 0 Å². The van der Waals surface area contributed by atoms with E-state index in [-0.39, 0.29) is 12.4 Å². The van der Waals surface area contributed by atoms with Crippen molar-refractivity contribution in [1.82, 2.24) is 0 Å². The standard InChI is InChI=1S/C10H12ClN.ClH/c1-6-9(10(6)12)7-2-4-8(11)5-3-7;/h2-6,9-10H,12H2,1H3;1H/t6-,9+,10+;/m0./s1. The van der Waals surface area contributed by atoms with E-state index in [9.17, 15) is 0 Å². The molecule has 3 atom stereocenters. The molecule has 0 aromatic heterocycles. The Kier molecular flexibility index (Phi) is 3.23. The molecule has 0 saturated heterocycles. The maximum absolute atomic E-state index is 5.85. The van der Waals surface area contributed by atoms with Gasteiger partial charge in [0.1, 0.15) is 0 Å². The maximum atomic E-state index is 5.85. The summed E-state index contributed by atoms with van der Waals surface area (Å²) < 4.78 is 0. The van der Waals surface area contributed by atoms with Crippen molar-refractivity contribution in [3.05, 3.63) is 34.9 Å². The molecule has 1 nitrogen and oxygen atoms in total. The van der Waals surface area contributed by atoms with Crippen LogP contribution in [0.25, 0.3) is 0 Å². The molecular weight excluding hydrogens is 205 g/mol. The van der Waals surface area contributed by atoms with Crippen LogP contribution in [-0.2, 0) is 0 Å². The maximum Gasteiger partial charge on any atom is 0.0406 e. The summed E-state index contributed by atoms with van der Waals surface area (Å²) >= 11 is 5.78. The molecule has 0 heterocycles. The molecule has 1 saturated carbocycles. The van der Waals surface area contributed by atoms with E-state index in [0.29, 0.717) is 17.9 Å². The van der Waals surface area contributed by atoms with Gasteiger partial charge in [-0.15, -0.1) is 12.4 Å². The summed E-state index contributed by atoms with van der Waals surface area (Å²) in [6.07, 6.45) is 0. The molecule has 0 amide bonds. The molecule has 0 aliphatic heterocycles. The lowest BCUT2D eigenvalue weighted by Gasteiger charge is -1.97. The number of hydrogen-bond donors (Lipinski definition) is 1. The monoisotopic (exact) mass is 217 g/mol. The smallest absolute Gasteiger partial charge is 0.0406 e. The average molecular weight is 218 g/mol. The SMILES string of the molecule is C[C@@H]1[C@@H](N)[C@H]1c1ccc(Cl)cc1.Cl. The highest BCUT2D eigenvalue weighted by Gasteiger charge is 2.44. The predicted octanol–water partition coefficient (Wildman–Crippen LogP) is 2.82. The van der Waals surface area contributed by atoms with Crippen molar-refractivity contribution < 1.29 is 0 Å². The Balaban J connectivity index is 0.000000845. The minimum absolute atomic E-state index is 0. The second-order valence-corrected chi connectivity index (χ2v) is 3.95. The minimum Gasteiger partial charge on any atom is -0.327 e. The Morgan fingerprint density at radius 1 is 1.23 bits per heavy atom. The van der Waals surface area contributed by atoms with Gasteiger partial charge in [-0.05, 0) is 23.6 Å². The number of halogens is 2. The zero-order chi connectivity index (χ0) is 8.72. The van der Waals surface area contributed by atoms with Gasteiger partial charge < -0.3 is 5.73 Å². The lowest BCUT2D eigenvalue weighted by molar-refractivity contribution is 0.885. The van der Waals surface area contributed by atoms with Gasteiger partial charge in [-0.1, -0.05) is 30.7 Å². The fourth-order valence-corrected chi connectivity index (χ4v) is 1.83. The Morgan fingerprint density at radius 3 is 2.08 bits per heavy atom. The van der Waals surface area contributed by atoms with Gasteiger partial charge in [0, 0.05) is 17.0 Å². The molecule has 3 heteroatoms. The topological polar surface area (TPSA) is 26.0 Å². The fourth-order valence-electron chi connectivity index (χ4n) is 1.70. The van der Waals surface area contributed by atoms with Crippen LogP contribution in [0.1, 0.15) is 18.4 Å². The molecule has 1 aromatic rings. The number of benzene rings is 1. The van der Waals surface area contributed by atoms with Gasteiger partial charge in [-0.2, -0.15) is 0 Å². The summed E-state index contributed by atoms with van der Waals surface area (Å²) in [7, 11) is 0. The first-order valence-corrected chi connectivity index (χ1v) is 4.59. The van der Waals surface area contributed by atoms with Gasteiger partial charge >= 0.3 is 0 Å². The highest BCUT2D eigenvalue weighted by Crippen LogP contribution is 2.45. The van der Waals surface area contributed by atoms with E-state index in [0.717, 1.165) is 5.02 Å². The molecular formula is C10H13Cl2N. The molecule has 13 heavy (non-hydrogen) atoms. The van der Waals surface area contributed by atoms with Crippen LogP contribution < -0.4 is 5.73 Å². The van der Waals surface area contributed by atoms with Gasteiger partial charge in [-0.25, -0.2) is 0 Å². The predicted molar refractivity (Wildman–Crippen MR) is 58.6 cm³/mol. The fraction of sp³-hybridized carbons (Fsp3) is 0.400. The first kappa shape index (κ1) is 10.8. The van der Waals surface area contributed by atoms with Crippen molar-refractivity contribution in [3.8, 4) is 0 Å². The van der Waals surface area contributed by atoms with Gasteiger partial charge in [-0.3, -0.25) is 0 Å². The van der Waals surface area contributed by atoms with Gasteiger partial charge in [0.15, 0.2) is 0 Å². The van der Waals surface area contributed by atoms with E-state index < -0.39 is 0 Å². The van der Waals surface area contributed by atoms with E-state index in [1.54, 1.807) is 0 Å². The molecule has 1 aliphatic rings. The summed E-state index contributed by atoms with van der Waals surface area (Å²) in [5.41, 5.74) is 7.17. The third-order valence-electron chi connectivity index (χ3n) is 2.70. The minimum atomic E-state index is 0. The molecule has 0 bridgehead atoms. The molecule has 0 radical (unpaired) electrons. The summed E-state index contributed by atoms with van der Waals surface area (Å²) in [5, 5.41) is 0.792. The Hall–Kier alpha value is -0.240. The zero-order valence-corrected chi connectivity index (χ0v) is 8.98. The Bertz CT molecular complexity index is 275. The third-order valence-corrected chi connectivity index (χ3v) is 2.95. The van der Waals surface area contributed by atoms with Crippen molar-refractivity contribution in [3.63, 3.8) is 0 Å². The molecule has 2 N–H and O–H groups in total. The van der Waals surface area contributed by atoms with Crippen LogP contribution >= 0.6 is 24.0 Å². The van der Waals surface area contributed by atoms with Crippen LogP contribution in [-0.4, -0.2) is 6.04 Å². The lowest BCUT2D eigenvalue weighted by atomic mass is 10.1. The second-order valence-electron chi connectivity index (χ2n) is 3.51. The van der Waals surface area contributed by atoms with Gasteiger partial charge in [0.05, 0.1) is 0 Å². The van der Waals surface area contributed by atoms with E-state index in [1.807, 2.05) is 12.1 Å². The van der Waals surface area contributed by atoms with E-state index >= 15 is 0 Å². The number of rotatable bonds is 1. The Labute approximate surface area is 89.7 Å². The number of nitrogens with two attached hydrogens (primary N) is 1.